The van der Waals surface area contributed by atoms with Crippen LogP contribution in [0.25, 0.3) is 0 Å². The molecule has 0 spiro atoms. The van der Waals surface area contributed by atoms with Crippen LogP contribution in [0.3, 0.4) is 0 Å². The fourth-order valence-corrected chi connectivity index (χ4v) is 3.40. The van der Waals surface area contributed by atoms with Gasteiger partial charge in [-0.3, -0.25) is 0 Å². The number of fused-ring (bicyclic) bond motifs is 2. The van der Waals surface area contributed by atoms with E-state index in [1.165, 1.54) is 25.7 Å². The fraction of sp³-hybridized carbons (Fsp3) is 0.714. The van der Waals surface area contributed by atoms with Crippen molar-refractivity contribution in [1.29, 1.82) is 0 Å². The normalized spacial score (nSPS) is 29.5. The van der Waals surface area contributed by atoms with Crippen molar-refractivity contribution in [1.82, 2.24) is 9.97 Å². The van der Waals surface area contributed by atoms with Crippen LogP contribution < -0.4 is 10.6 Å². The third-order valence-corrected chi connectivity index (χ3v) is 4.29. The molecule has 3 atom stereocenters. The maximum Gasteiger partial charge on any atom is 0.131 e. The Morgan fingerprint density at radius 2 is 2.11 bits per heavy atom. The van der Waals surface area contributed by atoms with Gasteiger partial charge in [-0.2, -0.15) is 0 Å². The number of hydrogen-bond acceptors (Lipinski definition) is 4. The number of aromatic nitrogens is 2. The van der Waals surface area contributed by atoms with Crippen LogP contribution in [-0.4, -0.2) is 22.6 Å². The molecule has 0 amide bonds. The van der Waals surface area contributed by atoms with Crippen LogP contribution in [0, 0.1) is 11.8 Å². The fourth-order valence-electron chi connectivity index (χ4n) is 3.40. The Bertz CT molecular complexity index is 407. The molecule has 0 radical (unpaired) electrons. The van der Waals surface area contributed by atoms with Crippen LogP contribution in [0.5, 0.6) is 0 Å². The Morgan fingerprint density at radius 3 is 2.83 bits per heavy atom. The van der Waals surface area contributed by atoms with Crippen molar-refractivity contribution in [2.24, 2.45) is 11.8 Å². The molecule has 2 N–H and O–H groups in total. The van der Waals surface area contributed by atoms with Crippen molar-refractivity contribution in [3.8, 4) is 0 Å². The second-order valence-corrected chi connectivity index (χ2v) is 5.64. The van der Waals surface area contributed by atoms with Gasteiger partial charge in [0.05, 0.1) is 0 Å². The van der Waals surface area contributed by atoms with Crippen LogP contribution in [0.1, 0.15) is 39.0 Å². The first-order valence-corrected chi connectivity index (χ1v) is 7.17. The van der Waals surface area contributed by atoms with Gasteiger partial charge >= 0.3 is 0 Å². The molecule has 4 nitrogen and oxygen atoms in total. The van der Waals surface area contributed by atoms with E-state index in [2.05, 4.69) is 27.5 Å². The van der Waals surface area contributed by atoms with Crippen LogP contribution in [0.2, 0.25) is 0 Å². The molecule has 18 heavy (non-hydrogen) atoms. The molecule has 2 aliphatic carbocycles. The first-order chi connectivity index (χ1) is 8.85. The van der Waals surface area contributed by atoms with Gasteiger partial charge in [0.25, 0.3) is 0 Å². The molecule has 1 heterocycles. The van der Waals surface area contributed by atoms with Gasteiger partial charge in [0.1, 0.15) is 18.0 Å². The molecule has 0 aromatic carbocycles. The molecule has 98 valence electrons. The van der Waals surface area contributed by atoms with Crippen LogP contribution in [0.4, 0.5) is 11.6 Å². The Labute approximate surface area is 109 Å². The summed E-state index contributed by atoms with van der Waals surface area (Å²) >= 11 is 0. The summed E-state index contributed by atoms with van der Waals surface area (Å²) in [4.78, 5) is 8.57. The highest BCUT2D eigenvalue weighted by Gasteiger charge is 2.39. The topological polar surface area (TPSA) is 49.8 Å². The predicted molar refractivity (Wildman–Crippen MR) is 73.7 cm³/mol. The lowest BCUT2D eigenvalue weighted by Crippen LogP contribution is -2.26. The second-order valence-electron chi connectivity index (χ2n) is 5.64. The third kappa shape index (κ3) is 2.42. The van der Waals surface area contributed by atoms with Crippen molar-refractivity contribution in [2.45, 2.75) is 45.1 Å². The summed E-state index contributed by atoms with van der Waals surface area (Å²) in [6, 6.07) is 2.67. The molecule has 2 aliphatic rings. The monoisotopic (exact) mass is 246 g/mol. The van der Waals surface area contributed by atoms with Crippen molar-refractivity contribution in [2.75, 3.05) is 17.2 Å². The number of nitrogens with zero attached hydrogens (tertiary/aromatic N) is 2. The van der Waals surface area contributed by atoms with E-state index in [0.29, 0.717) is 6.04 Å². The van der Waals surface area contributed by atoms with Crippen molar-refractivity contribution in [3.63, 3.8) is 0 Å². The van der Waals surface area contributed by atoms with Gasteiger partial charge in [-0.15, -0.1) is 0 Å². The maximum atomic E-state index is 4.33. The van der Waals surface area contributed by atoms with E-state index in [1.807, 2.05) is 6.07 Å². The lowest BCUT2D eigenvalue weighted by atomic mass is 9.95. The van der Waals surface area contributed by atoms with E-state index in [4.69, 9.17) is 0 Å². The standard InChI is InChI=1S/C14H22N4/c1-2-5-15-13-8-14(17-9-16-13)18-12-7-10-3-4-11(12)6-10/h8-12H,2-7H2,1H3,(H2,15,16,17,18). The zero-order valence-corrected chi connectivity index (χ0v) is 11.0. The smallest absolute Gasteiger partial charge is 0.131 e. The summed E-state index contributed by atoms with van der Waals surface area (Å²) in [5.41, 5.74) is 0. The van der Waals surface area contributed by atoms with E-state index in [0.717, 1.165) is 36.4 Å². The Kier molecular flexibility index (Phi) is 3.35. The third-order valence-electron chi connectivity index (χ3n) is 4.29. The minimum atomic E-state index is 0.637. The number of anilines is 2. The van der Waals surface area contributed by atoms with Gasteiger partial charge < -0.3 is 10.6 Å². The van der Waals surface area contributed by atoms with Gasteiger partial charge in [0.2, 0.25) is 0 Å². The Balaban J connectivity index is 1.62. The van der Waals surface area contributed by atoms with Gasteiger partial charge in [-0.25, -0.2) is 9.97 Å². The molecular formula is C14H22N4. The second kappa shape index (κ2) is 5.12. The highest BCUT2D eigenvalue weighted by molar-refractivity contribution is 5.47. The minimum absolute atomic E-state index is 0.637. The van der Waals surface area contributed by atoms with E-state index < -0.39 is 0 Å². The van der Waals surface area contributed by atoms with Gasteiger partial charge in [-0.05, 0) is 37.5 Å². The zero-order chi connectivity index (χ0) is 12.4. The van der Waals surface area contributed by atoms with Crippen molar-refractivity contribution in [3.05, 3.63) is 12.4 Å². The van der Waals surface area contributed by atoms with E-state index in [1.54, 1.807) is 6.33 Å². The van der Waals surface area contributed by atoms with E-state index >= 15 is 0 Å². The van der Waals surface area contributed by atoms with Crippen molar-refractivity contribution < 1.29 is 0 Å². The zero-order valence-electron chi connectivity index (χ0n) is 11.0. The summed E-state index contributed by atoms with van der Waals surface area (Å²) in [5.74, 6) is 3.74. The Hall–Kier alpha value is -1.32. The number of hydrogen-bond donors (Lipinski definition) is 2. The molecule has 4 heteroatoms. The molecule has 1 aromatic heterocycles. The van der Waals surface area contributed by atoms with E-state index in [9.17, 15) is 0 Å². The maximum absolute atomic E-state index is 4.33. The average Bonchev–Trinajstić information content (AvgIpc) is 2.99. The molecule has 2 bridgehead atoms. The van der Waals surface area contributed by atoms with Gasteiger partial charge in [0.15, 0.2) is 0 Å². The molecule has 1 aromatic rings. The van der Waals surface area contributed by atoms with E-state index in [-0.39, 0.29) is 0 Å². The average molecular weight is 246 g/mol. The number of nitrogens with one attached hydrogen (secondary N) is 2. The molecular weight excluding hydrogens is 224 g/mol. The van der Waals surface area contributed by atoms with Gasteiger partial charge in [-0.1, -0.05) is 13.3 Å². The summed E-state index contributed by atoms with van der Waals surface area (Å²) in [7, 11) is 0. The summed E-state index contributed by atoms with van der Waals surface area (Å²) in [5, 5.41) is 6.90. The summed E-state index contributed by atoms with van der Waals surface area (Å²) < 4.78 is 0. The molecule has 3 rings (SSSR count). The van der Waals surface area contributed by atoms with Crippen LogP contribution in [-0.2, 0) is 0 Å². The highest BCUT2D eigenvalue weighted by atomic mass is 15.1. The molecule has 0 saturated heterocycles. The molecule has 2 saturated carbocycles. The molecule has 0 aliphatic heterocycles. The summed E-state index contributed by atoms with van der Waals surface area (Å²) in [6.45, 7) is 3.12. The lowest BCUT2D eigenvalue weighted by Gasteiger charge is -2.23. The highest BCUT2D eigenvalue weighted by Crippen LogP contribution is 2.45. The predicted octanol–water partition coefficient (Wildman–Crippen LogP) is 2.90. The first-order valence-electron chi connectivity index (χ1n) is 7.17. The molecule has 2 fully saturated rings. The Morgan fingerprint density at radius 1 is 1.22 bits per heavy atom. The number of rotatable bonds is 5. The SMILES string of the molecule is CCCNc1cc(NC2CC3CCC2C3)ncn1. The van der Waals surface area contributed by atoms with Crippen LogP contribution >= 0.6 is 0 Å². The quantitative estimate of drug-likeness (QED) is 0.838. The van der Waals surface area contributed by atoms with Gasteiger partial charge in [0, 0.05) is 18.7 Å². The van der Waals surface area contributed by atoms with Crippen molar-refractivity contribution >= 4 is 11.6 Å². The lowest BCUT2D eigenvalue weighted by molar-refractivity contribution is 0.439. The minimum Gasteiger partial charge on any atom is -0.370 e. The summed E-state index contributed by atoms with van der Waals surface area (Å²) in [6.07, 6.45) is 8.34. The largest absolute Gasteiger partial charge is 0.370 e. The van der Waals surface area contributed by atoms with Crippen LogP contribution in [0.15, 0.2) is 12.4 Å². The molecule has 3 unspecified atom stereocenters. The first kappa shape index (κ1) is 11.8.